The molecule has 17 heteroatoms. The van der Waals surface area contributed by atoms with Crippen LogP contribution in [0.15, 0.2) is 71.8 Å². The van der Waals surface area contributed by atoms with E-state index in [1.165, 1.54) is 13.8 Å². The second-order valence-corrected chi connectivity index (χ2v) is 13.7. The third-order valence-corrected chi connectivity index (χ3v) is 9.49. The first-order chi connectivity index (χ1) is 27.2. The summed E-state index contributed by atoms with van der Waals surface area (Å²) >= 11 is 0. The first-order valence-corrected chi connectivity index (χ1v) is 18.3. The van der Waals surface area contributed by atoms with Crippen LogP contribution in [0.3, 0.4) is 0 Å². The number of aliphatic hydroxyl groups is 1. The van der Waals surface area contributed by atoms with E-state index in [0.29, 0.717) is 5.56 Å². The molecule has 17 nitrogen and oxygen atoms in total. The van der Waals surface area contributed by atoms with Gasteiger partial charge in [0.25, 0.3) is 11.8 Å². The molecular weight excluding hydrogens is 750 g/mol. The maximum absolute atomic E-state index is 13.7. The topological polar surface area (TPSA) is 209 Å². The molecule has 10 atom stereocenters. The van der Waals surface area contributed by atoms with Crippen LogP contribution in [0.1, 0.15) is 52.7 Å². The Hall–Kier alpha value is -5.04. The molecule has 57 heavy (non-hydrogen) atoms. The van der Waals surface area contributed by atoms with Gasteiger partial charge >= 0.3 is 23.9 Å². The van der Waals surface area contributed by atoms with Crippen LogP contribution >= 0.6 is 0 Å². The summed E-state index contributed by atoms with van der Waals surface area (Å²) < 4.78 is 53.5. The molecule has 0 radical (unpaired) electrons. The number of hydrogen-bond acceptors (Lipinski definition) is 16. The van der Waals surface area contributed by atoms with Crippen LogP contribution in [0.4, 0.5) is 0 Å². The number of carbonyl (C=O) groups is 6. The van der Waals surface area contributed by atoms with Gasteiger partial charge in [-0.3, -0.25) is 33.7 Å². The van der Waals surface area contributed by atoms with Crippen LogP contribution < -0.4 is 0 Å². The summed E-state index contributed by atoms with van der Waals surface area (Å²) in [7, 11) is 0. The van der Waals surface area contributed by atoms with Crippen molar-refractivity contribution < 1.29 is 76.5 Å². The summed E-state index contributed by atoms with van der Waals surface area (Å²) in [5.74, 6) is -4.65. The minimum atomic E-state index is -1.82. The number of ether oxygens (including phenoxy) is 9. The average molecular weight is 798 g/mol. The summed E-state index contributed by atoms with van der Waals surface area (Å²) in [6, 6.07) is 16.6. The molecule has 0 spiro atoms. The lowest BCUT2D eigenvalue weighted by Crippen LogP contribution is -2.69. The minimum Gasteiger partial charge on any atom is -0.463 e. The van der Waals surface area contributed by atoms with Crippen molar-refractivity contribution in [3.8, 4) is 0 Å². The van der Waals surface area contributed by atoms with Crippen LogP contribution in [0.2, 0.25) is 0 Å². The van der Waals surface area contributed by atoms with E-state index >= 15 is 0 Å². The van der Waals surface area contributed by atoms with E-state index in [1.807, 2.05) is 30.3 Å². The van der Waals surface area contributed by atoms with Gasteiger partial charge in [-0.25, -0.2) is 0 Å². The highest BCUT2D eigenvalue weighted by Gasteiger charge is 2.58. The van der Waals surface area contributed by atoms with Crippen LogP contribution in [0, 0.1) is 0 Å². The van der Waals surface area contributed by atoms with E-state index in [4.69, 9.17) is 42.6 Å². The second-order valence-electron chi connectivity index (χ2n) is 13.7. The number of hydrogen-bond donors (Lipinski definition) is 1. The molecule has 3 aliphatic heterocycles. The maximum Gasteiger partial charge on any atom is 0.303 e. The Kier molecular flexibility index (Phi) is 14.7. The van der Waals surface area contributed by atoms with Crippen molar-refractivity contribution in [1.29, 1.82) is 0 Å². The predicted molar refractivity (Wildman–Crippen MR) is 193 cm³/mol. The fourth-order valence-electron chi connectivity index (χ4n) is 6.80. The zero-order chi connectivity index (χ0) is 41.4. The SMILES string of the molecule is CC(=O)OC[C@H]1O[C@@H](O[C@H]2[C@H](OCc3ccccc3)[C@@H](N3C(=O)C(C)=C(C)C3=O)C(O)O[C@@H]2COCc2ccccc2)[C@H](OC(C)=O)[C@@H](OC(C)=O)[C@H]1OC(C)=O. The number of imide groups is 1. The van der Waals surface area contributed by atoms with Crippen molar-refractivity contribution in [2.45, 2.75) is 116 Å². The highest BCUT2D eigenvalue weighted by molar-refractivity contribution is 6.19. The summed E-state index contributed by atoms with van der Waals surface area (Å²) in [6.45, 7) is 6.58. The Labute approximate surface area is 329 Å². The molecule has 5 rings (SSSR count). The third-order valence-electron chi connectivity index (χ3n) is 9.49. The molecule has 3 heterocycles. The largest absolute Gasteiger partial charge is 0.463 e. The molecule has 1 N–H and O–H groups in total. The van der Waals surface area contributed by atoms with Crippen molar-refractivity contribution in [3.63, 3.8) is 0 Å². The standard InChI is InChI=1S/C40H47NO16/c1-21-22(2)38(47)41(37(21)46)31-34(51-18-28-15-11-8-12-16-28)32(29(55-39(31)48)19-49-17-27-13-9-7-10-14-27)57-40-36(54-26(6)45)35(53-25(5)44)33(52-24(4)43)30(56-40)20-50-23(3)42/h7-16,29-36,39-40,48H,17-20H2,1-6H3/t29-,30-,31-,32-,33+,34-,35+,36-,39?,40+/m1/s1. The van der Waals surface area contributed by atoms with E-state index in [0.717, 1.165) is 38.2 Å². The maximum atomic E-state index is 13.7. The van der Waals surface area contributed by atoms with E-state index in [9.17, 15) is 33.9 Å². The molecule has 3 aliphatic rings. The van der Waals surface area contributed by atoms with Gasteiger partial charge in [0.05, 0.1) is 19.8 Å². The Morgan fingerprint density at radius 1 is 0.632 bits per heavy atom. The fraction of sp³-hybridized carbons (Fsp3) is 0.500. The number of nitrogens with zero attached hydrogens (tertiary/aromatic N) is 1. The zero-order valence-corrected chi connectivity index (χ0v) is 32.4. The van der Waals surface area contributed by atoms with Crippen molar-refractivity contribution in [2.24, 2.45) is 0 Å². The van der Waals surface area contributed by atoms with Gasteiger partial charge in [0.1, 0.15) is 37.1 Å². The molecule has 2 aromatic carbocycles. The normalized spacial score (nSPS) is 28.9. The number of benzene rings is 2. The highest BCUT2D eigenvalue weighted by atomic mass is 16.8. The first kappa shape index (κ1) is 43.1. The third kappa shape index (κ3) is 10.7. The second kappa shape index (κ2) is 19.4. The molecule has 0 aliphatic carbocycles. The lowest BCUT2D eigenvalue weighted by molar-refractivity contribution is -0.354. The molecule has 0 saturated carbocycles. The van der Waals surface area contributed by atoms with E-state index in [-0.39, 0.29) is 31.0 Å². The Morgan fingerprint density at radius 2 is 1.14 bits per heavy atom. The van der Waals surface area contributed by atoms with E-state index < -0.39 is 104 Å². The Balaban J connectivity index is 1.60. The Morgan fingerprint density at radius 3 is 1.68 bits per heavy atom. The van der Waals surface area contributed by atoms with Gasteiger partial charge in [-0.05, 0) is 25.0 Å². The Bertz CT molecular complexity index is 1780. The van der Waals surface area contributed by atoms with Crippen molar-refractivity contribution >= 4 is 35.7 Å². The highest BCUT2D eigenvalue weighted by Crippen LogP contribution is 2.37. The number of aliphatic hydroxyl groups excluding tert-OH is 1. The van der Waals surface area contributed by atoms with Gasteiger partial charge in [0, 0.05) is 38.8 Å². The van der Waals surface area contributed by atoms with Crippen LogP contribution in [-0.2, 0) is 84.6 Å². The number of rotatable bonds is 15. The van der Waals surface area contributed by atoms with Gasteiger partial charge in [-0.15, -0.1) is 0 Å². The molecule has 2 aromatic rings. The molecule has 308 valence electrons. The van der Waals surface area contributed by atoms with Crippen molar-refractivity contribution in [2.75, 3.05) is 13.2 Å². The van der Waals surface area contributed by atoms with E-state index in [2.05, 4.69) is 0 Å². The predicted octanol–water partition coefficient (Wildman–Crippen LogP) is 2.05. The summed E-state index contributed by atoms with van der Waals surface area (Å²) in [4.78, 5) is 77.6. The van der Waals surface area contributed by atoms with Crippen molar-refractivity contribution in [3.05, 3.63) is 82.9 Å². The van der Waals surface area contributed by atoms with Crippen molar-refractivity contribution in [1.82, 2.24) is 4.90 Å². The minimum absolute atomic E-state index is 0.104. The summed E-state index contributed by atoms with van der Waals surface area (Å²) in [5, 5.41) is 11.7. The zero-order valence-electron chi connectivity index (χ0n) is 32.4. The molecule has 0 aromatic heterocycles. The molecule has 2 amide bonds. The lowest BCUT2D eigenvalue weighted by Gasteiger charge is -2.50. The van der Waals surface area contributed by atoms with Crippen LogP contribution in [0.25, 0.3) is 0 Å². The number of carbonyl (C=O) groups excluding carboxylic acids is 6. The quantitative estimate of drug-likeness (QED) is 0.155. The van der Waals surface area contributed by atoms with Gasteiger partial charge in [0.15, 0.2) is 30.9 Å². The lowest BCUT2D eigenvalue weighted by atomic mass is 9.93. The summed E-state index contributed by atoms with van der Waals surface area (Å²) in [6.07, 6.45) is -13.6. The van der Waals surface area contributed by atoms with Gasteiger partial charge in [-0.1, -0.05) is 60.7 Å². The monoisotopic (exact) mass is 797 g/mol. The first-order valence-electron chi connectivity index (χ1n) is 18.3. The molecular formula is C40H47NO16. The molecule has 1 unspecified atom stereocenters. The average Bonchev–Trinajstić information content (AvgIpc) is 3.34. The fourth-order valence-corrected chi connectivity index (χ4v) is 6.80. The smallest absolute Gasteiger partial charge is 0.303 e. The molecule has 2 fully saturated rings. The molecule has 0 bridgehead atoms. The van der Waals surface area contributed by atoms with Crippen LogP contribution in [0.5, 0.6) is 0 Å². The van der Waals surface area contributed by atoms with E-state index in [1.54, 1.807) is 30.3 Å². The number of amides is 2. The van der Waals surface area contributed by atoms with Gasteiger partial charge in [0.2, 0.25) is 0 Å². The molecule has 2 saturated heterocycles. The van der Waals surface area contributed by atoms with Crippen LogP contribution in [-0.4, -0.2) is 120 Å². The summed E-state index contributed by atoms with van der Waals surface area (Å²) in [5.41, 5.74) is 1.80. The number of esters is 4. The van der Waals surface area contributed by atoms with Gasteiger partial charge in [-0.2, -0.15) is 0 Å². The van der Waals surface area contributed by atoms with Gasteiger partial charge < -0.3 is 47.7 Å².